The van der Waals surface area contributed by atoms with Crippen LogP contribution >= 0.6 is 0 Å². The second-order valence-corrected chi connectivity index (χ2v) is 7.61. The zero-order chi connectivity index (χ0) is 19.9. The quantitative estimate of drug-likeness (QED) is 0.573. The van der Waals surface area contributed by atoms with Crippen molar-refractivity contribution >= 4 is 12.1 Å². The van der Waals surface area contributed by atoms with E-state index in [1.165, 1.54) is 0 Å². The number of amides is 1. The molecular weight excluding hydrogens is 346 g/mol. The van der Waals surface area contributed by atoms with Gasteiger partial charge in [-0.15, -0.1) is 10.2 Å². The highest BCUT2D eigenvalue weighted by Gasteiger charge is 2.27. The molecule has 1 saturated heterocycles. The summed E-state index contributed by atoms with van der Waals surface area (Å²) < 4.78 is 7.37. The molecule has 1 aromatic heterocycles. The molecule has 9 nitrogen and oxygen atoms in total. The van der Waals surface area contributed by atoms with Crippen molar-refractivity contribution in [1.29, 1.82) is 0 Å². The van der Waals surface area contributed by atoms with E-state index in [2.05, 4.69) is 39.6 Å². The van der Waals surface area contributed by atoms with Crippen LogP contribution in [0.1, 0.15) is 46.9 Å². The van der Waals surface area contributed by atoms with E-state index in [1.54, 1.807) is 6.33 Å². The summed E-state index contributed by atoms with van der Waals surface area (Å²) in [6, 6.07) is 0.0632. The summed E-state index contributed by atoms with van der Waals surface area (Å²) in [7, 11) is 0. The van der Waals surface area contributed by atoms with Gasteiger partial charge >= 0.3 is 6.09 Å². The maximum atomic E-state index is 12.0. The first kappa shape index (κ1) is 21.0. The number of aliphatic imine (C=N–C) groups is 1. The lowest BCUT2D eigenvalue weighted by Crippen LogP contribution is -2.44. The predicted molar refractivity (Wildman–Crippen MR) is 105 cm³/mol. The van der Waals surface area contributed by atoms with E-state index in [9.17, 15) is 4.79 Å². The largest absolute Gasteiger partial charge is 0.444 e. The normalized spacial score (nSPS) is 17.9. The summed E-state index contributed by atoms with van der Waals surface area (Å²) in [6.45, 7) is 13.5. The lowest BCUT2D eigenvalue weighted by Gasteiger charge is -2.23. The van der Waals surface area contributed by atoms with Gasteiger partial charge in [-0.25, -0.2) is 4.79 Å². The molecule has 2 rings (SSSR count). The van der Waals surface area contributed by atoms with E-state index in [-0.39, 0.29) is 12.1 Å². The van der Waals surface area contributed by atoms with Crippen molar-refractivity contribution in [3.63, 3.8) is 0 Å². The molecule has 0 aliphatic carbocycles. The van der Waals surface area contributed by atoms with Crippen LogP contribution in [-0.4, -0.2) is 69.5 Å². The highest BCUT2D eigenvalue weighted by atomic mass is 16.6. The Morgan fingerprint density at radius 3 is 2.85 bits per heavy atom. The van der Waals surface area contributed by atoms with Crippen LogP contribution in [0.25, 0.3) is 0 Å². The molecule has 1 aliphatic rings. The van der Waals surface area contributed by atoms with Gasteiger partial charge in [0.2, 0.25) is 0 Å². The molecule has 27 heavy (non-hydrogen) atoms. The number of carbonyl (C=O) groups excluding carboxylic acids is 1. The predicted octanol–water partition coefficient (Wildman–Crippen LogP) is 1.40. The van der Waals surface area contributed by atoms with Crippen LogP contribution < -0.4 is 10.6 Å². The molecule has 1 atom stereocenters. The third-order valence-corrected chi connectivity index (χ3v) is 4.16. The fourth-order valence-electron chi connectivity index (χ4n) is 2.97. The minimum atomic E-state index is -0.488. The van der Waals surface area contributed by atoms with Gasteiger partial charge in [0.15, 0.2) is 5.96 Å². The number of likely N-dealkylation sites (tertiary alicyclic amines) is 1. The first-order chi connectivity index (χ1) is 12.8. The van der Waals surface area contributed by atoms with Gasteiger partial charge in [-0.2, -0.15) is 0 Å². The van der Waals surface area contributed by atoms with E-state index in [1.807, 2.05) is 25.3 Å². The number of rotatable bonds is 6. The number of hydrogen-bond donors (Lipinski definition) is 2. The summed E-state index contributed by atoms with van der Waals surface area (Å²) in [5, 5.41) is 14.3. The number of guanidine groups is 1. The van der Waals surface area contributed by atoms with Crippen LogP contribution in [0.15, 0.2) is 11.3 Å². The number of nitrogens with one attached hydrogen (secondary N) is 2. The highest BCUT2D eigenvalue weighted by molar-refractivity contribution is 5.80. The van der Waals surface area contributed by atoms with Gasteiger partial charge in [-0.1, -0.05) is 6.92 Å². The van der Waals surface area contributed by atoms with Crippen LogP contribution in [0.4, 0.5) is 4.79 Å². The van der Waals surface area contributed by atoms with Gasteiger partial charge in [0.25, 0.3) is 0 Å². The van der Waals surface area contributed by atoms with Crippen LogP contribution in [-0.2, 0) is 17.7 Å². The standard InChI is InChI=1S/C18H33N7O2/c1-6-15-23-21-13-25(15)11-9-20-16(19-7-2)24-10-8-14(12-24)22-17(26)27-18(3,4)5/h13-14H,6-12H2,1-5H3,(H,19,20)(H,22,26). The Bertz CT molecular complexity index is 636. The van der Waals surface area contributed by atoms with Gasteiger partial charge in [-0.3, -0.25) is 4.99 Å². The molecule has 0 aromatic carbocycles. The molecule has 1 unspecified atom stereocenters. The summed E-state index contributed by atoms with van der Waals surface area (Å²) in [4.78, 5) is 18.9. The van der Waals surface area contributed by atoms with E-state index >= 15 is 0 Å². The fourth-order valence-corrected chi connectivity index (χ4v) is 2.97. The number of ether oxygens (including phenoxy) is 1. The van der Waals surface area contributed by atoms with Crippen molar-refractivity contribution in [2.75, 3.05) is 26.2 Å². The van der Waals surface area contributed by atoms with E-state index in [4.69, 9.17) is 9.73 Å². The lowest BCUT2D eigenvalue weighted by molar-refractivity contribution is 0.0507. The number of hydrogen-bond acceptors (Lipinski definition) is 5. The first-order valence-corrected chi connectivity index (χ1v) is 9.71. The third kappa shape index (κ3) is 6.73. The average molecular weight is 380 g/mol. The van der Waals surface area contributed by atoms with E-state index in [0.29, 0.717) is 6.54 Å². The Morgan fingerprint density at radius 1 is 1.41 bits per heavy atom. The number of alkyl carbamates (subject to hydrolysis) is 1. The Kier molecular flexibility index (Phi) is 7.44. The van der Waals surface area contributed by atoms with Gasteiger partial charge in [-0.05, 0) is 34.1 Å². The highest BCUT2D eigenvalue weighted by Crippen LogP contribution is 2.12. The molecule has 1 amide bonds. The van der Waals surface area contributed by atoms with Crippen LogP contribution in [0, 0.1) is 0 Å². The second kappa shape index (κ2) is 9.57. The monoisotopic (exact) mass is 379 g/mol. The van der Waals surface area contributed by atoms with Gasteiger partial charge in [0.1, 0.15) is 17.8 Å². The molecule has 0 bridgehead atoms. The van der Waals surface area contributed by atoms with Crippen LogP contribution in [0.3, 0.4) is 0 Å². The molecule has 2 N–H and O–H groups in total. The SMILES string of the molecule is CCNC(=NCCn1cnnc1CC)N1CCC(NC(=O)OC(C)(C)C)C1. The van der Waals surface area contributed by atoms with Crippen molar-refractivity contribution in [2.45, 2.75) is 65.6 Å². The molecule has 2 heterocycles. The smallest absolute Gasteiger partial charge is 0.407 e. The van der Waals surface area contributed by atoms with E-state index < -0.39 is 5.60 Å². The summed E-state index contributed by atoms with van der Waals surface area (Å²) >= 11 is 0. The minimum absolute atomic E-state index is 0.0632. The molecule has 0 saturated carbocycles. The first-order valence-electron chi connectivity index (χ1n) is 9.71. The number of aromatic nitrogens is 3. The maximum Gasteiger partial charge on any atom is 0.407 e. The molecule has 1 fully saturated rings. The summed E-state index contributed by atoms with van der Waals surface area (Å²) in [5.74, 6) is 1.84. The summed E-state index contributed by atoms with van der Waals surface area (Å²) in [6.07, 6.45) is 3.11. The van der Waals surface area contributed by atoms with Crippen molar-refractivity contribution in [1.82, 2.24) is 30.3 Å². The molecule has 9 heteroatoms. The maximum absolute atomic E-state index is 12.0. The molecule has 152 valence electrons. The molecule has 1 aliphatic heterocycles. The molecular formula is C18H33N7O2. The fraction of sp³-hybridized carbons (Fsp3) is 0.778. The van der Waals surface area contributed by atoms with Gasteiger partial charge in [0.05, 0.1) is 12.6 Å². The number of nitrogens with zero attached hydrogens (tertiary/aromatic N) is 5. The Labute approximate surface area is 161 Å². The average Bonchev–Trinajstić information content (AvgIpc) is 3.21. The zero-order valence-electron chi connectivity index (χ0n) is 17.2. The number of carbonyl (C=O) groups is 1. The van der Waals surface area contributed by atoms with Crippen LogP contribution in [0.5, 0.6) is 0 Å². The molecule has 1 aromatic rings. The third-order valence-electron chi connectivity index (χ3n) is 4.16. The van der Waals surface area contributed by atoms with Gasteiger partial charge < -0.3 is 24.8 Å². The number of aryl methyl sites for hydroxylation is 1. The van der Waals surface area contributed by atoms with Crippen molar-refractivity contribution in [2.24, 2.45) is 4.99 Å². The topological polar surface area (TPSA) is 96.7 Å². The van der Waals surface area contributed by atoms with Crippen molar-refractivity contribution in [3.05, 3.63) is 12.2 Å². The van der Waals surface area contributed by atoms with E-state index in [0.717, 1.165) is 50.8 Å². The Balaban J connectivity index is 1.88. The van der Waals surface area contributed by atoms with Crippen molar-refractivity contribution in [3.8, 4) is 0 Å². The van der Waals surface area contributed by atoms with Gasteiger partial charge in [0, 0.05) is 32.6 Å². The minimum Gasteiger partial charge on any atom is -0.444 e. The second-order valence-electron chi connectivity index (χ2n) is 7.61. The molecule has 0 radical (unpaired) electrons. The Morgan fingerprint density at radius 2 is 2.19 bits per heavy atom. The molecule has 0 spiro atoms. The lowest BCUT2D eigenvalue weighted by atomic mass is 10.2. The van der Waals surface area contributed by atoms with Crippen LogP contribution in [0.2, 0.25) is 0 Å². The summed E-state index contributed by atoms with van der Waals surface area (Å²) in [5.41, 5.74) is -0.488. The van der Waals surface area contributed by atoms with Crippen molar-refractivity contribution < 1.29 is 9.53 Å². The zero-order valence-corrected chi connectivity index (χ0v) is 17.2. The Hall–Kier alpha value is -2.32.